The zero-order chi connectivity index (χ0) is 26.7. The molecule has 2 amide bonds. The maximum atomic E-state index is 14.7. The van der Waals surface area contributed by atoms with Crippen molar-refractivity contribution in [2.24, 2.45) is 0 Å². The van der Waals surface area contributed by atoms with Crippen LogP contribution in [0.4, 0.5) is 23.2 Å². The van der Waals surface area contributed by atoms with Crippen LogP contribution in [-0.4, -0.2) is 27.4 Å². The topological polar surface area (TPSA) is 75.2 Å². The van der Waals surface area contributed by atoms with E-state index in [1.807, 2.05) is 0 Å². The van der Waals surface area contributed by atoms with Crippen LogP contribution in [0.15, 0.2) is 42.5 Å². The summed E-state index contributed by atoms with van der Waals surface area (Å²) in [4.78, 5) is 28.9. The summed E-state index contributed by atoms with van der Waals surface area (Å²) in [6, 6.07) is 6.73. The third-order valence-electron chi connectivity index (χ3n) is 6.51. The molecule has 1 unspecified atom stereocenters. The van der Waals surface area contributed by atoms with Crippen LogP contribution in [0.25, 0.3) is 0 Å². The average molecular weight is 535 g/mol. The molecule has 6 nitrogen and oxygen atoms in total. The molecular weight excluding hydrogens is 508 g/mol. The second-order valence-electron chi connectivity index (χ2n) is 9.16. The Hall–Kier alpha value is -3.34. The maximum absolute atomic E-state index is 14.7. The zero-order valence-corrected chi connectivity index (χ0v) is 21.1. The number of hydrogen-bond donors (Lipinski definition) is 1. The fourth-order valence-electron chi connectivity index (χ4n) is 4.45. The Kier molecular flexibility index (Phi) is 7.91. The molecule has 2 aromatic carbocycles. The van der Waals surface area contributed by atoms with Crippen LogP contribution in [0.5, 0.6) is 0 Å². The number of benzene rings is 2. The summed E-state index contributed by atoms with van der Waals surface area (Å²) in [5.41, 5.74) is 0.0239. The van der Waals surface area contributed by atoms with E-state index in [0.29, 0.717) is 11.3 Å². The number of amides is 2. The number of nitrogens with one attached hydrogen (secondary N) is 1. The second kappa shape index (κ2) is 11.0. The first-order valence-corrected chi connectivity index (χ1v) is 12.7. The Morgan fingerprint density at radius 1 is 1.05 bits per heavy atom. The fraction of sp³-hybridized carbons (Fsp3) is 0.385. The van der Waals surface area contributed by atoms with Crippen LogP contribution in [0.1, 0.15) is 70.2 Å². The number of alkyl halides is 3. The van der Waals surface area contributed by atoms with E-state index < -0.39 is 35.4 Å². The van der Waals surface area contributed by atoms with Gasteiger partial charge in [-0.3, -0.25) is 14.5 Å². The van der Waals surface area contributed by atoms with Crippen LogP contribution < -0.4 is 10.2 Å². The normalized spacial score (nSPS) is 15.3. The Labute approximate surface area is 215 Å². The number of hydrogen-bond acceptors (Lipinski definition) is 5. The summed E-state index contributed by atoms with van der Waals surface area (Å²) in [5, 5.41) is 6.85. The molecule has 1 aliphatic carbocycles. The minimum atomic E-state index is -4.57. The molecule has 1 N–H and O–H groups in total. The van der Waals surface area contributed by atoms with E-state index in [1.54, 1.807) is 13.8 Å². The fourth-order valence-corrected chi connectivity index (χ4v) is 5.05. The molecule has 1 fully saturated rings. The number of halogens is 4. The van der Waals surface area contributed by atoms with E-state index in [-0.39, 0.29) is 22.2 Å². The molecule has 0 aliphatic heterocycles. The lowest BCUT2D eigenvalue weighted by Gasteiger charge is -2.33. The molecule has 0 spiro atoms. The number of carbonyl (C=O) groups excluding carboxylic acids is 2. The number of aromatic nitrogens is 2. The maximum Gasteiger partial charge on any atom is 0.416 e. The van der Waals surface area contributed by atoms with Gasteiger partial charge in [-0.15, -0.1) is 5.10 Å². The van der Waals surface area contributed by atoms with E-state index in [9.17, 15) is 27.2 Å². The van der Waals surface area contributed by atoms with Crippen molar-refractivity contribution in [3.63, 3.8) is 0 Å². The van der Waals surface area contributed by atoms with E-state index in [0.717, 1.165) is 66.7 Å². The lowest BCUT2D eigenvalue weighted by molar-refractivity contribution is -0.137. The molecule has 196 valence electrons. The molecule has 1 aromatic heterocycles. The van der Waals surface area contributed by atoms with Crippen LogP contribution >= 0.6 is 11.5 Å². The monoisotopic (exact) mass is 534 g/mol. The van der Waals surface area contributed by atoms with Gasteiger partial charge in [0.1, 0.15) is 16.7 Å². The van der Waals surface area contributed by atoms with Gasteiger partial charge in [-0.05, 0) is 73.6 Å². The van der Waals surface area contributed by atoms with Crippen LogP contribution in [0.2, 0.25) is 0 Å². The Morgan fingerprint density at radius 2 is 1.73 bits per heavy atom. The number of anilines is 1. The number of nitrogens with zero attached hydrogens (tertiary/aromatic N) is 3. The summed E-state index contributed by atoms with van der Waals surface area (Å²) in [6.45, 7) is 3.14. The van der Waals surface area contributed by atoms with Gasteiger partial charge in [0.2, 0.25) is 5.91 Å². The van der Waals surface area contributed by atoms with E-state index >= 15 is 0 Å². The average Bonchev–Trinajstić information content (AvgIpc) is 3.30. The highest BCUT2D eigenvalue weighted by Gasteiger charge is 2.37. The van der Waals surface area contributed by atoms with Gasteiger partial charge in [0, 0.05) is 11.7 Å². The van der Waals surface area contributed by atoms with Gasteiger partial charge in [-0.25, -0.2) is 4.39 Å². The Balaban J connectivity index is 1.84. The molecule has 0 bridgehead atoms. The highest BCUT2D eigenvalue weighted by atomic mass is 32.1. The summed E-state index contributed by atoms with van der Waals surface area (Å²) in [5.74, 6) is -1.80. The van der Waals surface area contributed by atoms with Gasteiger partial charge in [0.25, 0.3) is 5.91 Å². The lowest BCUT2D eigenvalue weighted by Crippen LogP contribution is -2.47. The van der Waals surface area contributed by atoms with Gasteiger partial charge in [0.15, 0.2) is 0 Å². The van der Waals surface area contributed by atoms with Crippen molar-refractivity contribution in [2.75, 3.05) is 4.90 Å². The molecule has 37 heavy (non-hydrogen) atoms. The Bertz CT molecular complexity index is 1270. The highest BCUT2D eigenvalue weighted by molar-refractivity contribution is 7.08. The molecule has 4 rings (SSSR count). The molecule has 11 heteroatoms. The zero-order valence-electron chi connectivity index (χ0n) is 20.3. The molecule has 1 atom stereocenters. The van der Waals surface area contributed by atoms with E-state index in [2.05, 4.69) is 14.9 Å². The first kappa shape index (κ1) is 26.7. The first-order chi connectivity index (χ1) is 17.6. The molecule has 3 aromatic rings. The van der Waals surface area contributed by atoms with Crippen molar-refractivity contribution in [2.45, 2.75) is 64.2 Å². The number of carbonyl (C=O) groups is 2. The number of rotatable bonds is 6. The molecule has 0 radical (unpaired) electrons. The second-order valence-corrected chi connectivity index (χ2v) is 9.92. The van der Waals surface area contributed by atoms with Gasteiger partial charge >= 0.3 is 6.18 Å². The summed E-state index contributed by atoms with van der Waals surface area (Å²) in [7, 11) is 0. The summed E-state index contributed by atoms with van der Waals surface area (Å²) >= 11 is 0.827. The van der Waals surface area contributed by atoms with Crippen molar-refractivity contribution in [3.05, 3.63) is 75.5 Å². The Morgan fingerprint density at radius 3 is 2.30 bits per heavy atom. The molecule has 1 saturated carbocycles. The van der Waals surface area contributed by atoms with Crippen molar-refractivity contribution >= 4 is 29.0 Å². The molecule has 1 heterocycles. The SMILES string of the molecule is Cc1ccc(N(C(=O)c2snnc2C)C(C(=O)NC2CCCCC2)c2ccc(C(F)(F)F)cc2)cc1F. The molecular formula is C26H26F4N4O2S. The van der Waals surface area contributed by atoms with Gasteiger partial charge < -0.3 is 5.32 Å². The standard InChI is InChI=1S/C26H26F4N4O2S/c1-15-8-13-20(14-21(15)27)34(25(36)23-16(2)32-33-37-23)22(24(35)31-19-6-4-3-5-7-19)17-9-11-18(12-10-17)26(28,29)30/h8-14,19,22H,3-7H2,1-2H3,(H,31,35). The highest BCUT2D eigenvalue weighted by Crippen LogP contribution is 2.35. The predicted molar refractivity (Wildman–Crippen MR) is 132 cm³/mol. The van der Waals surface area contributed by atoms with Gasteiger partial charge in [-0.1, -0.05) is 41.9 Å². The van der Waals surface area contributed by atoms with Crippen molar-refractivity contribution in [1.29, 1.82) is 0 Å². The summed E-state index contributed by atoms with van der Waals surface area (Å²) < 4.78 is 58.2. The largest absolute Gasteiger partial charge is 0.416 e. The van der Waals surface area contributed by atoms with Gasteiger partial charge in [-0.2, -0.15) is 13.2 Å². The van der Waals surface area contributed by atoms with Crippen molar-refractivity contribution in [1.82, 2.24) is 14.9 Å². The van der Waals surface area contributed by atoms with Gasteiger partial charge in [0.05, 0.1) is 11.3 Å². The quantitative estimate of drug-likeness (QED) is 0.385. The van der Waals surface area contributed by atoms with Crippen LogP contribution in [-0.2, 0) is 11.0 Å². The van der Waals surface area contributed by atoms with E-state index in [1.165, 1.54) is 24.3 Å². The minimum absolute atomic E-state index is 0.0876. The third-order valence-corrected chi connectivity index (χ3v) is 7.33. The smallest absolute Gasteiger partial charge is 0.351 e. The molecule has 1 aliphatic rings. The third kappa shape index (κ3) is 5.98. The minimum Gasteiger partial charge on any atom is -0.351 e. The van der Waals surface area contributed by atoms with Crippen molar-refractivity contribution < 1.29 is 27.2 Å². The number of aryl methyl sites for hydroxylation is 2. The van der Waals surface area contributed by atoms with E-state index in [4.69, 9.17) is 0 Å². The summed E-state index contributed by atoms with van der Waals surface area (Å²) in [6.07, 6.45) is -0.118. The first-order valence-electron chi connectivity index (χ1n) is 11.9. The molecule has 0 saturated heterocycles. The lowest BCUT2D eigenvalue weighted by atomic mass is 9.94. The van der Waals surface area contributed by atoms with Crippen LogP contribution in [0.3, 0.4) is 0 Å². The predicted octanol–water partition coefficient (Wildman–Crippen LogP) is 6.15. The van der Waals surface area contributed by atoms with Crippen molar-refractivity contribution in [3.8, 4) is 0 Å². The van der Waals surface area contributed by atoms with Crippen LogP contribution in [0, 0.1) is 19.7 Å².